The van der Waals surface area contributed by atoms with Crippen molar-refractivity contribution in [3.05, 3.63) is 88.8 Å². The molecule has 0 radical (unpaired) electrons. The lowest BCUT2D eigenvalue weighted by Crippen LogP contribution is -2.36. The molecule has 0 spiro atoms. The molecule has 0 amide bonds. The Morgan fingerprint density at radius 3 is 2.57 bits per heavy atom. The molecule has 0 bridgehead atoms. The average Bonchev–Trinajstić information content (AvgIpc) is 3.25. The lowest BCUT2D eigenvalue weighted by molar-refractivity contribution is 0.104. The second-order valence-electron chi connectivity index (χ2n) is 6.87. The zero-order valence-corrected chi connectivity index (χ0v) is 17.2. The van der Waals surface area contributed by atoms with Gasteiger partial charge in [0.05, 0.1) is 18.2 Å². The number of benzene rings is 2. The maximum Gasteiger partial charge on any atom is 0.185 e. The second-order valence-corrected chi connectivity index (χ2v) is 7.27. The number of hydrogen-bond donors (Lipinski definition) is 0. The summed E-state index contributed by atoms with van der Waals surface area (Å²) >= 11 is 6.08. The number of para-hydroxylation sites is 1. The van der Waals surface area contributed by atoms with Gasteiger partial charge in [-0.25, -0.2) is 0 Å². The predicted octanol–water partition coefficient (Wildman–Crippen LogP) is 5.24. The molecule has 154 valence electrons. The van der Waals surface area contributed by atoms with Gasteiger partial charge in [0.2, 0.25) is 0 Å². The highest BCUT2D eigenvalue weighted by atomic mass is 35.5. The van der Waals surface area contributed by atoms with Crippen molar-refractivity contribution < 1.29 is 18.7 Å². The van der Waals surface area contributed by atoms with E-state index in [9.17, 15) is 4.79 Å². The number of furan rings is 1. The third kappa shape index (κ3) is 5.12. The van der Waals surface area contributed by atoms with Crippen molar-refractivity contribution >= 4 is 29.1 Å². The van der Waals surface area contributed by atoms with E-state index in [1.807, 2.05) is 42.5 Å². The Morgan fingerprint density at radius 2 is 1.80 bits per heavy atom. The molecule has 0 unspecified atom stereocenters. The number of nitrogens with zero attached hydrogens (tertiary/aromatic N) is 1. The number of rotatable bonds is 7. The molecule has 1 saturated heterocycles. The van der Waals surface area contributed by atoms with Crippen molar-refractivity contribution in [1.29, 1.82) is 0 Å². The van der Waals surface area contributed by atoms with Crippen LogP contribution in [0.5, 0.6) is 5.75 Å². The number of anilines is 1. The molecular formula is C24H22ClNO4. The van der Waals surface area contributed by atoms with Crippen LogP contribution >= 0.6 is 11.6 Å². The normalized spacial score (nSPS) is 14.2. The van der Waals surface area contributed by atoms with Crippen molar-refractivity contribution in [3.8, 4) is 5.75 Å². The van der Waals surface area contributed by atoms with Gasteiger partial charge in [0.1, 0.15) is 23.9 Å². The minimum absolute atomic E-state index is 0.0752. The Labute approximate surface area is 180 Å². The van der Waals surface area contributed by atoms with Crippen LogP contribution in [-0.2, 0) is 11.3 Å². The number of ketones is 1. The number of ether oxygens (including phenoxy) is 2. The summed E-state index contributed by atoms with van der Waals surface area (Å²) in [6.07, 6.45) is 3.18. The molecule has 1 fully saturated rings. The topological polar surface area (TPSA) is 51.9 Å². The Kier molecular flexibility index (Phi) is 6.52. The van der Waals surface area contributed by atoms with Crippen LogP contribution in [-0.4, -0.2) is 32.1 Å². The SMILES string of the molecule is O=C(/C=C/c1ccc(COc2ccccc2Cl)o1)c1ccc(N2CCOCC2)cc1. The number of carbonyl (C=O) groups excluding carboxylic acids is 1. The van der Waals surface area contributed by atoms with Gasteiger partial charge in [-0.15, -0.1) is 0 Å². The van der Waals surface area contributed by atoms with E-state index in [0.29, 0.717) is 27.9 Å². The summed E-state index contributed by atoms with van der Waals surface area (Å²) in [5, 5.41) is 0.550. The second kappa shape index (κ2) is 9.65. The van der Waals surface area contributed by atoms with Crippen LogP contribution < -0.4 is 9.64 Å². The molecule has 0 N–H and O–H groups in total. The summed E-state index contributed by atoms with van der Waals surface area (Å²) in [7, 11) is 0. The van der Waals surface area contributed by atoms with Gasteiger partial charge >= 0.3 is 0 Å². The van der Waals surface area contributed by atoms with E-state index in [1.54, 1.807) is 24.3 Å². The monoisotopic (exact) mass is 423 g/mol. The lowest BCUT2D eigenvalue weighted by Gasteiger charge is -2.28. The number of hydrogen-bond acceptors (Lipinski definition) is 5. The van der Waals surface area contributed by atoms with E-state index in [0.717, 1.165) is 32.0 Å². The zero-order valence-electron chi connectivity index (χ0n) is 16.4. The van der Waals surface area contributed by atoms with Gasteiger partial charge in [-0.1, -0.05) is 23.7 Å². The molecule has 4 rings (SSSR count). The van der Waals surface area contributed by atoms with Crippen LogP contribution in [0, 0.1) is 0 Å². The highest BCUT2D eigenvalue weighted by Gasteiger charge is 2.11. The average molecular weight is 424 g/mol. The fourth-order valence-electron chi connectivity index (χ4n) is 3.18. The van der Waals surface area contributed by atoms with Crippen molar-refractivity contribution in [2.24, 2.45) is 0 Å². The largest absolute Gasteiger partial charge is 0.484 e. The molecule has 0 atom stereocenters. The van der Waals surface area contributed by atoms with Gasteiger partial charge < -0.3 is 18.8 Å². The molecule has 6 heteroatoms. The molecular weight excluding hydrogens is 402 g/mol. The molecule has 1 aliphatic rings. The smallest absolute Gasteiger partial charge is 0.185 e. The quantitative estimate of drug-likeness (QED) is 0.384. The Morgan fingerprint density at radius 1 is 1.03 bits per heavy atom. The maximum atomic E-state index is 12.5. The van der Waals surface area contributed by atoms with Crippen LogP contribution in [0.15, 0.2) is 71.2 Å². The molecule has 1 aliphatic heterocycles. The van der Waals surface area contributed by atoms with Gasteiger partial charge in [-0.05, 0) is 60.7 Å². The third-order valence-corrected chi connectivity index (χ3v) is 5.13. The van der Waals surface area contributed by atoms with E-state index >= 15 is 0 Å². The minimum Gasteiger partial charge on any atom is -0.484 e. The number of carbonyl (C=O) groups is 1. The molecule has 30 heavy (non-hydrogen) atoms. The van der Waals surface area contributed by atoms with Crippen LogP contribution in [0.4, 0.5) is 5.69 Å². The summed E-state index contributed by atoms with van der Waals surface area (Å²) < 4.78 is 16.7. The molecule has 0 saturated carbocycles. The highest BCUT2D eigenvalue weighted by Crippen LogP contribution is 2.24. The van der Waals surface area contributed by atoms with Crippen LogP contribution in [0.25, 0.3) is 6.08 Å². The zero-order chi connectivity index (χ0) is 20.8. The Balaban J connectivity index is 1.33. The van der Waals surface area contributed by atoms with Gasteiger partial charge in [0.15, 0.2) is 5.78 Å². The van der Waals surface area contributed by atoms with Gasteiger partial charge in [-0.3, -0.25) is 4.79 Å². The third-order valence-electron chi connectivity index (χ3n) is 4.82. The first-order chi connectivity index (χ1) is 14.7. The fraction of sp³-hybridized carbons (Fsp3) is 0.208. The minimum atomic E-state index is -0.0752. The van der Waals surface area contributed by atoms with E-state index in [4.69, 9.17) is 25.5 Å². The first-order valence-electron chi connectivity index (χ1n) is 9.80. The van der Waals surface area contributed by atoms with Crippen molar-refractivity contribution in [2.45, 2.75) is 6.61 Å². The first-order valence-corrected chi connectivity index (χ1v) is 10.2. The molecule has 3 aromatic rings. The molecule has 2 heterocycles. The Hall–Kier alpha value is -3.02. The van der Waals surface area contributed by atoms with Gasteiger partial charge in [0.25, 0.3) is 0 Å². The van der Waals surface area contributed by atoms with Gasteiger partial charge in [-0.2, -0.15) is 0 Å². The van der Waals surface area contributed by atoms with Crippen LogP contribution in [0.2, 0.25) is 5.02 Å². The van der Waals surface area contributed by atoms with E-state index in [-0.39, 0.29) is 12.4 Å². The van der Waals surface area contributed by atoms with Crippen molar-refractivity contribution in [1.82, 2.24) is 0 Å². The summed E-state index contributed by atoms with van der Waals surface area (Å²) in [4.78, 5) is 14.7. The highest BCUT2D eigenvalue weighted by molar-refractivity contribution is 6.32. The summed E-state index contributed by atoms with van der Waals surface area (Å²) in [5.41, 5.74) is 1.74. The van der Waals surface area contributed by atoms with E-state index in [2.05, 4.69) is 4.90 Å². The van der Waals surface area contributed by atoms with Crippen molar-refractivity contribution in [2.75, 3.05) is 31.2 Å². The van der Waals surface area contributed by atoms with Crippen LogP contribution in [0.3, 0.4) is 0 Å². The molecule has 2 aromatic carbocycles. The Bertz CT molecular complexity index is 1020. The summed E-state index contributed by atoms with van der Waals surface area (Å²) in [6.45, 7) is 3.47. The fourth-order valence-corrected chi connectivity index (χ4v) is 3.37. The molecule has 5 nitrogen and oxygen atoms in total. The number of halogens is 1. The lowest BCUT2D eigenvalue weighted by atomic mass is 10.1. The number of allylic oxidation sites excluding steroid dienone is 1. The summed E-state index contributed by atoms with van der Waals surface area (Å²) in [5.74, 6) is 1.76. The summed E-state index contributed by atoms with van der Waals surface area (Å²) in [6, 6.07) is 18.5. The first kappa shape index (κ1) is 20.3. The number of morpholine rings is 1. The standard InChI is InChI=1S/C24H22ClNO4/c25-22-3-1-2-4-24(22)29-17-21-10-9-20(30-21)11-12-23(27)18-5-7-19(8-6-18)26-13-15-28-16-14-26/h1-12H,13-17H2/b12-11+. The van der Waals surface area contributed by atoms with Gasteiger partial charge in [0, 0.05) is 24.3 Å². The van der Waals surface area contributed by atoms with E-state index < -0.39 is 0 Å². The van der Waals surface area contributed by atoms with Crippen molar-refractivity contribution in [3.63, 3.8) is 0 Å². The molecule has 1 aromatic heterocycles. The van der Waals surface area contributed by atoms with Crippen LogP contribution in [0.1, 0.15) is 21.9 Å². The predicted molar refractivity (Wildman–Crippen MR) is 117 cm³/mol. The molecule has 0 aliphatic carbocycles. The van der Waals surface area contributed by atoms with E-state index in [1.165, 1.54) is 6.08 Å². The maximum absolute atomic E-state index is 12.5.